The molecule has 7 heteroatoms. The van der Waals surface area contributed by atoms with Crippen LogP contribution in [0.15, 0.2) is 96.7 Å². The highest BCUT2D eigenvalue weighted by Crippen LogP contribution is 2.38. The Kier molecular flexibility index (Phi) is 7.70. The average Bonchev–Trinajstić information content (AvgIpc) is 2.99. The van der Waals surface area contributed by atoms with Crippen LogP contribution in [0.2, 0.25) is 0 Å². The molecule has 0 radical (unpaired) electrons. The van der Waals surface area contributed by atoms with Crippen LogP contribution in [0.1, 0.15) is 35.7 Å². The van der Waals surface area contributed by atoms with Gasteiger partial charge < -0.3 is 9.64 Å². The van der Waals surface area contributed by atoms with Gasteiger partial charge in [0.1, 0.15) is 0 Å². The lowest BCUT2D eigenvalue weighted by atomic mass is 9.74. The Morgan fingerprint density at radius 2 is 1.77 bits per heavy atom. The van der Waals surface area contributed by atoms with Gasteiger partial charge in [-0.1, -0.05) is 48.5 Å². The van der Waals surface area contributed by atoms with Gasteiger partial charge in [-0.05, 0) is 66.5 Å². The van der Waals surface area contributed by atoms with Crippen LogP contribution >= 0.6 is 0 Å². The molecule has 0 saturated carbocycles. The van der Waals surface area contributed by atoms with Crippen molar-refractivity contribution in [2.75, 3.05) is 13.1 Å². The maximum absolute atomic E-state index is 13.8. The normalized spacial score (nSPS) is 20.2. The molecule has 0 bridgehead atoms. The molecule has 0 saturated heterocycles. The summed E-state index contributed by atoms with van der Waals surface area (Å²) in [5, 5.41) is 9.22. The largest absolute Gasteiger partial charge is 0.443 e. The van der Waals surface area contributed by atoms with E-state index in [4.69, 9.17) is 4.74 Å². The molecule has 2 heterocycles. The minimum atomic E-state index is -1.87. The molecule has 0 spiro atoms. The van der Waals surface area contributed by atoms with Crippen molar-refractivity contribution >= 4 is 23.2 Å². The summed E-state index contributed by atoms with van der Waals surface area (Å²) in [6, 6.07) is 24.6. The third kappa shape index (κ3) is 5.62. The predicted molar refractivity (Wildman–Crippen MR) is 149 cm³/mol. The van der Waals surface area contributed by atoms with Crippen molar-refractivity contribution in [2.24, 2.45) is 5.92 Å². The third-order valence-corrected chi connectivity index (χ3v) is 7.46. The number of fused-ring (bicyclic) bond motifs is 1. The van der Waals surface area contributed by atoms with Crippen LogP contribution in [0.25, 0.3) is 5.70 Å². The van der Waals surface area contributed by atoms with E-state index < -0.39 is 29.1 Å². The number of benzene rings is 2. The van der Waals surface area contributed by atoms with Gasteiger partial charge in [-0.25, -0.2) is 0 Å². The quantitative estimate of drug-likeness (QED) is 0.312. The maximum Gasteiger partial charge on any atom is 0.307 e. The maximum atomic E-state index is 13.8. The first-order valence-electron chi connectivity index (χ1n) is 13.3. The highest BCUT2D eigenvalue weighted by Gasteiger charge is 2.52. The number of esters is 1. The Bertz CT molecular complexity index is 1520. The molecule has 1 aliphatic carbocycles. The summed E-state index contributed by atoms with van der Waals surface area (Å²) in [5.41, 5.74) is 2.90. The molecule has 0 fully saturated rings. The number of aryl methyl sites for hydroxylation is 1. The molecule has 0 amide bonds. The van der Waals surface area contributed by atoms with E-state index in [-0.39, 0.29) is 6.42 Å². The number of nitrogens with zero attached hydrogens (tertiary/aromatic N) is 3. The first-order chi connectivity index (χ1) is 19.4. The van der Waals surface area contributed by atoms with Gasteiger partial charge in [0.25, 0.3) is 0 Å². The van der Waals surface area contributed by atoms with Gasteiger partial charge >= 0.3 is 5.97 Å². The number of Topliss-reactive ketones (excluding diaryl/α,β-unsaturated/α-hetero) is 1. The van der Waals surface area contributed by atoms with Crippen LogP contribution in [-0.2, 0) is 32.0 Å². The second kappa shape index (κ2) is 11.5. The molecule has 2 unspecified atom stereocenters. The average molecular weight is 532 g/mol. The van der Waals surface area contributed by atoms with E-state index in [1.165, 1.54) is 13.0 Å². The number of aromatic nitrogens is 1. The molecule has 1 aliphatic heterocycles. The van der Waals surface area contributed by atoms with Gasteiger partial charge in [0, 0.05) is 43.5 Å². The molecule has 40 heavy (non-hydrogen) atoms. The Morgan fingerprint density at radius 3 is 2.48 bits per heavy atom. The number of pyridine rings is 1. The van der Waals surface area contributed by atoms with Gasteiger partial charge in [0.2, 0.25) is 11.4 Å². The zero-order valence-corrected chi connectivity index (χ0v) is 22.2. The first kappa shape index (κ1) is 26.8. The van der Waals surface area contributed by atoms with Crippen molar-refractivity contribution < 1.29 is 19.1 Å². The van der Waals surface area contributed by atoms with Gasteiger partial charge in [0.15, 0.2) is 5.78 Å². The second-order valence-corrected chi connectivity index (χ2v) is 10.2. The fraction of sp³-hybridized carbons (Fsp3) is 0.242. The number of hydrogen-bond donors (Lipinski definition) is 0. The van der Waals surface area contributed by atoms with Crippen LogP contribution < -0.4 is 0 Å². The number of hydrogen-bond acceptors (Lipinski definition) is 7. The number of carbonyl (C=O) groups is 3. The molecule has 7 nitrogen and oxygen atoms in total. The molecule has 2 aliphatic rings. The van der Waals surface area contributed by atoms with Gasteiger partial charge in [-0.2, -0.15) is 5.26 Å². The van der Waals surface area contributed by atoms with E-state index in [0.29, 0.717) is 37.1 Å². The minimum absolute atomic E-state index is 0.0698. The Balaban J connectivity index is 1.40. The SMILES string of the molecule is CC1(OC(=O)CCc2ccccc2)C(=O)C=C2C=C(c3ccc(C#N)cc3)N(CCc3ccccn3)CC2C1=O. The lowest BCUT2D eigenvalue weighted by Crippen LogP contribution is -2.55. The Morgan fingerprint density at radius 1 is 1.02 bits per heavy atom. The molecular formula is C33H29N3O4. The van der Waals surface area contributed by atoms with Crippen molar-refractivity contribution in [2.45, 2.75) is 31.8 Å². The summed E-state index contributed by atoms with van der Waals surface area (Å²) in [7, 11) is 0. The number of ketones is 2. The minimum Gasteiger partial charge on any atom is -0.443 e. The monoisotopic (exact) mass is 531 g/mol. The summed E-state index contributed by atoms with van der Waals surface area (Å²) in [5.74, 6) is -2.16. The Labute approximate surface area is 233 Å². The van der Waals surface area contributed by atoms with Gasteiger partial charge in [-0.15, -0.1) is 0 Å². The fourth-order valence-electron chi connectivity index (χ4n) is 5.15. The summed E-state index contributed by atoms with van der Waals surface area (Å²) in [6.07, 6.45) is 6.23. The Hall–Kier alpha value is -4.83. The summed E-state index contributed by atoms with van der Waals surface area (Å²) >= 11 is 0. The molecule has 5 rings (SSSR count). The number of allylic oxidation sites excluding steroid dienone is 1. The molecule has 1 aromatic heterocycles. The van der Waals surface area contributed by atoms with E-state index in [1.54, 1.807) is 18.3 Å². The number of rotatable bonds is 8. The number of carbonyl (C=O) groups excluding carboxylic acids is 3. The van der Waals surface area contributed by atoms with Crippen molar-refractivity contribution in [1.82, 2.24) is 9.88 Å². The van der Waals surface area contributed by atoms with E-state index in [9.17, 15) is 19.6 Å². The van der Waals surface area contributed by atoms with Crippen molar-refractivity contribution in [3.63, 3.8) is 0 Å². The number of nitriles is 1. The van der Waals surface area contributed by atoms with Gasteiger partial charge in [-0.3, -0.25) is 19.4 Å². The number of ether oxygens (including phenoxy) is 1. The molecule has 2 aromatic carbocycles. The molecule has 0 N–H and O–H groups in total. The highest BCUT2D eigenvalue weighted by molar-refractivity contribution is 6.20. The third-order valence-electron chi connectivity index (χ3n) is 7.46. The van der Waals surface area contributed by atoms with Crippen LogP contribution in [0.4, 0.5) is 0 Å². The molecule has 200 valence electrons. The smallest absolute Gasteiger partial charge is 0.307 e. The molecule has 3 aromatic rings. The van der Waals surface area contributed by atoms with Crippen LogP contribution in [0.5, 0.6) is 0 Å². The van der Waals surface area contributed by atoms with Crippen LogP contribution in [0, 0.1) is 17.2 Å². The van der Waals surface area contributed by atoms with Crippen molar-refractivity contribution in [3.8, 4) is 6.07 Å². The van der Waals surface area contributed by atoms with E-state index in [2.05, 4.69) is 16.0 Å². The standard InChI is InChI=1S/C33H29N3O4/c1-33(40-31(38)15-12-23-7-3-2-4-8-23)30(37)20-26-19-29(25-13-10-24(21-34)11-14-25)36(22-28(26)32(33)39)18-16-27-9-5-6-17-35-27/h2-11,13-14,17,19-20,28H,12,15-16,18,22H2,1H3. The van der Waals surface area contributed by atoms with Crippen molar-refractivity contribution in [1.29, 1.82) is 5.26 Å². The lowest BCUT2D eigenvalue weighted by molar-refractivity contribution is -0.171. The summed E-state index contributed by atoms with van der Waals surface area (Å²) in [6.45, 7) is 2.32. The zero-order chi connectivity index (χ0) is 28.1. The lowest BCUT2D eigenvalue weighted by Gasteiger charge is -2.41. The fourth-order valence-corrected chi connectivity index (χ4v) is 5.15. The predicted octanol–water partition coefficient (Wildman–Crippen LogP) is 4.48. The molecular weight excluding hydrogens is 502 g/mol. The summed E-state index contributed by atoms with van der Waals surface area (Å²) in [4.78, 5) is 46.3. The highest BCUT2D eigenvalue weighted by atomic mass is 16.6. The molecule has 2 atom stereocenters. The zero-order valence-electron chi connectivity index (χ0n) is 22.2. The van der Waals surface area contributed by atoms with E-state index >= 15 is 0 Å². The van der Waals surface area contributed by atoms with Crippen LogP contribution in [0.3, 0.4) is 0 Å². The first-order valence-corrected chi connectivity index (χ1v) is 13.3. The van der Waals surface area contributed by atoms with E-state index in [1.807, 2.05) is 66.7 Å². The topological polar surface area (TPSA) is 100 Å². The summed E-state index contributed by atoms with van der Waals surface area (Å²) < 4.78 is 5.61. The van der Waals surface area contributed by atoms with Gasteiger partial charge in [0.05, 0.1) is 17.6 Å². The van der Waals surface area contributed by atoms with Crippen molar-refractivity contribution in [3.05, 3.63) is 119 Å². The second-order valence-electron chi connectivity index (χ2n) is 10.2. The van der Waals surface area contributed by atoms with Crippen LogP contribution in [-0.4, -0.2) is 46.1 Å². The van der Waals surface area contributed by atoms with E-state index in [0.717, 1.165) is 22.5 Å².